The van der Waals surface area contributed by atoms with Crippen LogP contribution in [0.15, 0.2) is 40.9 Å². The Kier molecular flexibility index (Phi) is 5.88. The smallest absolute Gasteiger partial charge is 0.180 e. The maximum atomic E-state index is 13.0. The molecule has 1 aromatic carbocycles. The van der Waals surface area contributed by atoms with Crippen LogP contribution in [0, 0.1) is 27.7 Å². The molecular weight excluding hydrogens is 376 g/mol. The predicted molar refractivity (Wildman–Crippen MR) is 117 cm³/mol. The van der Waals surface area contributed by atoms with E-state index in [4.69, 9.17) is 4.52 Å². The van der Waals surface area contributed by atoms with Crippen molar-refractivity contribution in [2.45, 2.75) is 34.2 Å². The zero-order valence-corrected chi connectivity index (χ0v) is 18.3. The van der Waals surface area contributed by atoms with Gasteiger partial charge in [0.2, 0.25) is 0 Å². The van der Waals surface area contributed by atoms with Gasteiger partial charge in [-0.05, 0) is 39.3 Å². The van der Waals surface area contributed by atoms with Gasteiger partial charge in [0.25, 0.3) is 0 Å². The van der Waals surface area contributed by atoms with Crippen LogP contribution in [0.3, 0.4) is 0 Å². The van der Waals surface area contributed by atoms with E-state index in [0.29, 0.717) is 6.54 Å². The van der Waals surface area contributed by atoms with E-state index in [1.54, 1.807) is 0 Å². The summed E-state index contributed by atoms with van der Waals surface area (Å²) < 4.78 is 7.20. The molecule has 0 unspecified atom stereocenters. The van der Waals surface area contributed by atoms with Crippen molar-refractivity contribution in [2.24, 2.45) is 0 Å². The molecule has 3 heterocycles. The Hall–Kier alpha value is -2.70. The SMILES string of the molecule is Cc1cccc(CN2CCN(CC(=O)c3cc(C)n(-c4cc(C)on4)c3C)CC2)c1. The van der Waals surface area contributed by atoms with Crippen molar-refractivity contribution in [1.29, 1.82) is 0 Å². The maximum Gasteiger partial charge on any atom is 0.180 e. The quantitative estimate of drug-likeness (QED) is 0.584. The van der Waals surface area contributed by atoms with Crippen LogP contribution in [0.4, 0.5) is 0 Å². The maximum absolute atomic E-state index is 13.0. The number of Topliss-reactive ketones (excluding diaryl/α,β-unsaturated/α-hetero) is 1. The van der Waals surface area contributed by atoms with Crippen molar-refractivity contribution in [3.8, 4) is 5.82 Å². The summed E-state index contributed by atoms with van der Waals surface area (Å²) in [6.07, 6.45) is 0. The molecule has 1 saturated heterocycles. The van der Waals surface area contributed by atoms with Gasteiger partial charge in [-0.15, -0.1) is 0 Å². The van der Waals surface area contributed by atoms with Crippen molar-refractivity contribution in [3.63, 3.8) is 0 Å². The van der Waals surface area contributed by atoms with Crippen molar-refractivity contribution < 1.29 is 9.32 Å². The van der Waals surface area contributed by atoms with E-state index < -0.39 is 0 Å². The standard InChI is InChI=1S/C24H30N4O2/c1-17-6-5-7-21(12-17)15-26-8-10-27(11-9-26)16-23(29)22-13-18(2)28(20(22)4)24-14-19(3)30-25-24/h5-7,12-14H,8-11,15-16H2,1-4H3. The third-order valence-electron chi connectivity index (χ3n) is 5.90. The number of carbonyl (C=O) groups excluding carboxylic acids is 1. The van der Waals surface area contributed by atoms with E-state index in [0.717, 1.165) is 61.3 Å². The Morgan fingerprint density at radius 3 is 2.40 bits per heavy atom. The zero-order valence-electron chi connectivity index (χ0n) is 18.3. The monoisotopic (exact) mass is 406 g/mol. The Morgan fingerprint density at radius 1 is 1.00 bits per heavy atom. The van der Waals surface area contributed by atoms with E-state index in [-0.39, 0.29) is 5.78 Å². The summed E-state index contributed by atoms with van der Waals surface area (Å²) in [6.45, 7) is 13.2. The Bertz CT molecular complexity index is 1040. The molecule has 0 atom stereocenters. The van der Waals surface area contributed by atoms with Crippen LogP contribution in [0.2, 0.25) is 0 Å². The number of hydrogen-bond donors (Lipinski definition) is 0. The van der Waals surface area contributed by atoms with Gasteiger partial charge in [-0.1, -0.05) is 35.0 Å². The number of nitrogens with zero attached hydrogens (tertiary/aromatic N) is 4. The minimum Gasteiger partial charge on any atom is -0.360 e. The Labute approximate surface area is 178 Å². The minimum atomic E-state index is 0.168. The second-order valence-electron chi connectivity index (χ2n) is 8.38. The molecule has 0 bridgehead atoms. The van der Waals surface area contributed by atoms with Gasteiger partial charge < -0.3 is 4.52 Å². The van der Waals surface area contributed by atoms with Crippen LogP contribution in [0.25, 0.3) is 5.82 Å². The van der Waals surface area contributed by atoms with E-state index in [1.165, 1.54) is 11.1 Å². The van der Waals surface area contributed by atoms with Crippen LogP contribution in [-0.4, -0.2) is 58.0 Å². The van der Waals surface area contributed by atoms with Gasteiger partial charge in [-0.3, -0.25) is 19.2 Å². The van der Waals surface area contributed by atoms with E-state index in [9.17, 15) is 4.79 Å². The molecule has 1 fully saturated rings. The lowest BCUT2D eigenvalue weighted by Gasteiger charge is -2.34. The highest BCUT2D eigenvalue weighted by atomic mass is 16.5. The normalized spacial score (nSPS) is 15.6. The molecule has 0 spiro atoms. The molecule has 0 amide bonds. The predicted octanol–water partition coefficient (Wildman–Crippen LogP) is 3.70. The van der Waals surface area contributed by atoms with Gasteiger partial charge in [0.05, 0.1) is 6.54 Å². The molecule has 30 heavy (non-hydrogen) atoms. The first kappa shape index (κ1) is 20.6. The van der Waals surface area contributed by atoms with E-state index in [1.807, 2.05) is 37.5 Å². The molecule has 2 aromatic heterocycles. The lowest BCUT2D eigenvalue weighted by molar-refractivity contribution is 0.0843. The molecule has 3 aromatic rings. The highest BCUT2D eigenvalue weighted by molar-refractivity contribution is 5.99. The fourth-order valence-electron chi connectivity index (χ4n) is 4.32. The summed E-state index contributed by atoms with van der Waals surface area (Å²) in [5, 5.41) is 4.10. The topological polar surface area (TPSA) is 54.5 Å². The molecule has 6 heteroatoms. The molecule has 4 rings (SSSR count). The number of piperazine rings is 1. The lowest BCUT2D eigenvalue weighted by atomic mass is 10.1. The van der Waals surface area contributed by atoms with Gasteiger partial charge in [-0.25, -0.2) is 0 Å². The van der Waals surface area contributed by atoms with Gasteiger partial charge in [-0.2, -0.15) is 0 Å². The first-order valence-corrected chi connectivity index (χ1v) is 10.6. The number of aromatic nitrogens is 2. The lowest BCUT2D eigenvalue weighted by Crippen LogP contribution is -2.47. The number of ketones is 1. The number of aryl methyl sites for hydroxylation is 3. The second kappa shape index (κ2) is 8.58. The van der Waals surface area contributed by atoms with Crippen LogP contribution in [0.5, 0.6) is 0 Å². The Morgan fingerprint density at radius 2 is 1.73 bits per heavy atom. The molecule has 1 aliphatic rings. The number of carbonyl (C=O) groups is 1. The molecular formula is C24H30N4O2. The number of hydrogen-bond acceptors (Lipinski definition) is 5. The second-order valence-corrected chi connectivity index (χ2v) is 8.38. The first-order valence-electron chi connectivity index (χ1n) is 10.6. The highest BCUT2D eigenvalue weighted by Gasteiger charge is 2.23. The van der Waals surface area contributed by atoms with Gasteiger partial charge in [0.15, 0.2) is 11.6 Å². The summed E-state index contributed by atoms with van der Waals surface area (Å²) >= 11 is 0. The van der Waals surface area contributed by atoms with Crippen LogP contribution >= 0.6 is 0 Å². The van der Waals surface area contributed by atoms with Gasteiger partial charge in [0.1, 0.15) is 5.76 Å². The summed E-state index contributed by atoms with van der Waals surface area (Å²) in [6, 6.07) is 12.6. The van der Waals surface area contributed by atoms with Gasteiger partial charge in [0, 0.05) is 55.7 Å². The third-order valence-corrected chi connectivity index (χ3v) is 5.90. The highest BCUT2D eigenvalue weighted by Crippen LogP contribution is 2.21. The average molecular weight is 407 g/mol. The molecule has 6 nitrogen and oxygen atoms in total. The van der Waals surface area contributed by atoms with Crippen molar-refractivity contribution in [2.75, 3.05) is 32.7 Å². The van der Waals surface area contributed by atoms with Crippen molar-refractivity contribution in [1.82, 2.24) is 19.5 Å². The fourth-order valence-corrected chi connectivity index (χ4v) is 4.32. The zero-order chi connectivity index (χ0) is 21.3. The van der Waals surface area contributed by atoms with Gasteiger partial charge >= 0.3 is 0 Å². The van der Waals surface area contributed by atoms with Crippen LogP contribution < -0.4 is 0 Å². The Balaban J connectivity index is 1.36. The molecule has 158 valence electrons. The van der Waals surface area contributed by atoms with Crippen molar-refractivity contribution in [3.05, 3.63) is 70.2 Å². The summed E-state index contributed by atoms with van der Waals surface area (Å²) in [5.41, 5.74) is 5.34. The van der Waals surface area contributed by atoms with Crippen LogP contribution in [-0.2, 0) is 6.54 Å². The minimum absolute atomic E-state index is 0.168. The molecule has 0 aliphatic carbocycles. The largest absolute Gasteiger partial charge is 0.360 e. The van der Waals surface area contributed by atoms with E-state index >= 15 is 0 Å². The summed E-state index contributed by atoms with van der Waals surface area (Å²) in [7, 11) is 0. The first-order chi connectivity index (χ1) is 14.4. The van der Waals surface area contributed by atoms with Crippen LogP contribution in [0.1, 0.15) is 38.6 Å². The number of benzene rings is 1. The molecule has 0 N–H and O–H groups in total. The van der Waals surface area contributed by atoms with Crippen molar-refractivity contribution >= 4 is 5.78 Å². The molecule has 0 radical (unpaired) electrons. The third kappa shape index (κ3) is 4.40. The number of rotatable bonds is 6. The van der Waals surface area contributed by atoms with E-state index in [2.05, 4.69) is 46.1 Å². The summed E-state index contributed by atoms with van der Waals surface area (Å²) in [5.74, 6) is 1.65. The average Bonchev–Trinajstić information content (AvgIpc) is 3.25. The fraction of sp³-hybridized carbons (Fsp3) is 0.417. The molecule has 1 aliphatic heterocycles. The molecule has 0 saturated carbocycles. The summed E-state index contributed by atoms with van der Waals surface area (Å²) in [4.78, 5) is 17.8.